The van der Waals surface area contributed by atoms with E-state index in [1.165, 1.54) is 35.6 Å². The molecule has 1 amide bonds. The van der Waals surface area contributed by atoms with Crippen molar-refractivity contribution in [3.05, 3.63) is 69.0 Å². The van der Waals surface area contributed by atoms with Crippen LogP contribution in [0.4, 0.5) is 5.69 Å². The van der Waals surface area contributed by atoms with Crippen LogP contribution in [-0.2, 0) is 7.05 Å². The van der Waals surface area contributed by atoms with E-state index in [1.807, 2.05) is 35.9 Å². The molecule has 0 atom stereocenters. The van der Waals surface area contributed by atoms with Gasteiger partial charge in [0.15, 0.2) is 4.80 Å². The maximum absolute atomic E-state index is 12.2. The number of aromatic nitrogens is 1. The molecule has 0 aliphatic rings. The first-order chi connectivity index (χ1) is 10.6. The molecule has 3 aromatic rings. The molecule has 110 valence electrons. The topological polar surface area (TPSA) is 77.5 Å². The fourth-order valence-electron chi connectivity index (χ4n) is 2.09. The number of carbonyl (C=O) groups excluding carboxylic acids is 1. The van der Waals surface area contributed by atoms with Crippen molar-refractivity contribution in [2.45, 2.75) is 0 Å². The van der Waals surface area contributed by atoms with Gasteiger partial charge in [0, 0.05) is 24.7 Å². The van der Waals surface area contributed by atoms with E-state index in [2.05, 4.69) is 4.99 Å². The highest BCUT2D eigenvalue weighted by molar-refractivity contribution is 7.16. The summed E-state index contributed by atoms with van der Waals surface area (Å²) >= 11 is 1.40. The van der Waals surface area contributed by atoms with E-state index in [4.69, 9.17) is 0 Å². The van der Waals surface area contributed by atoms with Crippen LogP contribution in [0.25, 0.3) is 10.2 Å². The molecule has 7 heteroatoms. The Balaban J connectivity index is 2.07. The van der Waals surface area contributed by atoms with E-state index in [-0.39, 0.29) is 11.3 Å². The van der Waals surface area contributed by atoms with Gasteiger partial charge in [0.25, 0.3) is 11.6 Å². The zero-order chi connectivity index (χ0) is 15.7. The minimum absolute atomic E-state index is 0.123. The van der Waals surface area contributed by atoms with Gasteiger partial charge in [-0.2, -0.15) is 4.99 Å². The van der Waals surface area contributed by atoms with Crippen LogP contribution in [0.5, 0.6) is 0 Å². The molecule has 6 nitrogen and oxygen atoms in total. The monoisotopic (exact) mass is 313 g/mol. The number of nitro groups is 1. The number of amides is 1. The number of benzene rings is 2. The molecule has 0 unspecified atom stereocenters. The van der Waals surface area contributed by atoms with E-state index >= 15 is 0 Å². The van der Waals surface area contributed by atoms with Gasteiger partial charge in [-0.05, 0) is 18.2 Å². The van der Waals surface area contributed by atoms with Crippen LogP contribution in [0.3, 0.4) is 0 Å². The largest absolute Gasteiger partial charge is 0.319 e. The lowest BCUT2D eigenvalue weighted by Crippen LogP contribution is -2.13. The maximum Gasteiger partial charge on any atom is 0.279 e. The van der Waals surface area contributed by atoms with Crippen LogP contribution in [0, 0.1) is 10.1 Å². The number of carbonyl (C=O) groups is 1. The number of rotatable bonds is 2. The quantitative estimate of drug-likeness (QED) is 0.539. The Morgan fingerprint density at radius 3 is 2.73 bits per heavy atom. The maximum atomic E-state index is 12.2. The molecule has 22 heavy (non-hydrogen) atoms. The van der Waals surface area contributed by atoms with Gasteiger partial charge in [0.1, 0.15) is 0 Å². The minimum atomic E-state index is -0.532. The highest BCUT2D eigenvalue weighted by Crippen LogP contribution is 2.16. The van der Waals surface area contributed by atoms with Gasteiger partial charge in [-0.15, -0.1) is 0 Å². The lowest BCUT2D eigenvalue weighted by atomic mass is 10.2. The summed E-state index contributed by atoms with van der Waals surface area (Å²) in [5.74, 6) is -0.495. The second-order valence-electron chi connectivity index (χ2n) is 4.64. The Labute approximate surface area is 129 Å². The zero-order valence-electron chi connectivity index (χ0n) is 11.6. The van der Waals surface area contributed by atoms with Crippen LogP contribution in [0.1, 0.15) is 10.4 Å². The van der Waals surface area contributed by atoms with Crippen molar-refractivity contribution in [3.8, 4) is 0 Å². The number of nitrogens with zero attached hydrogens (tertiary/aromatic N) is 3. The SMILES string of the molecule is Cn1c(=NC(=O)c2cccc([N+](=O)[O-])c2)sc2ccccc21. The predicted molar refractivity (Wildman–Crippen MR) is 83.8 cm³/mol. The van der Waals surface area contributed by atoms with E-state index < -0.39 is 10.8 Å². The van der Waals surface area contributed by atoms with Crippen molar-refractivity contribution in [2.24, 2.45) is 12.0 Å². The number of aryl methyl sites for hydroxylation is 1. The van der Waals surface area contributed by atoms with Gasteiger partial charge in [-0.1, -0.05) is 29.5 Å². The van der Waals surface area contributed by atoms with Gasteiger partial charge < -0.3 is 4.57 Å². The van der Waals surface area contributed by atoms with Crippen LogP contribution in [-0.4, -0.2) is 15.4 Å². The number of non-ortho nitro benzene ring substituents is 1. The molecule has 2 aromatic carbocycles. The fourth-order valence-corrected chi connectivity index (χ4v) is 3.11. The molecule has 1 aromatic heterocycles. The summed E-state index contributed by atoms with van der Waals surface area (Å²) in [6, 6.07) is 13.3. The molecule has 0 spiro atoms. The smallest absolute Gasteiger partial charge is 0.279 e. The van der Waals surface area contributed by atoms with Crippen molar-refractivity contribution in [3.63, 3.8) is 0 Å². The highest BCUT2D eigenvalue weighted by atomic mass is 32.1. The number of para-hydroxylation sites is 1. The number of thiazole rings is 1. The second-order valence-corrected chi connectivity index (χ2v) is 5.64. The number of hydrogen-bond donors (Lipinski definition) is 0. The van der Waals surface area contributed by atoms with Gasteiger partial charge in [0.2, 0.25) is 0 Å². The molecule has 0 N–H and O–H groups in total. The molecule has 0 aliphatic carbocycles. The van der Waals surface area contributed by atoms with E-state index in [1.54, 1.807) is 0 Å². The Kier molecular flexibility index (Phi) is 3.56. The summed E-state index contributed by atoms with van der Waals surface area (Å²) in [5.41, 5.74) is 1.06. The molecule has 0 bridgehead atoms. The molecule has 0 saturated heterocycles. The second kappa shape index (κ2) is 5.53. The van der Waals surface area contributed by atoms with Crippen molar-refractivity contribution in [1.82, 2.24) is 4.57 Å². The van der Waals surface area contributed by atoms with Crippen molar-refractivity contribution in [2.75, 3.05) is 0 Å². The third kappa shape index (κ3) is 2.53. The van der Waals surface area contributed by atoms with Crippen LogP contribution in [0.15, 0.2) is 53.5 Å². The lowest BCUT2D eigenvalue weighted by Gasteiger charge is -1.96. The summed E-state index contributed by atoms with van der Waals surface area (Å²) in [7, 11) is 1.83. The first-order valence-electron chi connectivity index (χ1n) is 6.44. The average Bonchev–Trinajstić information content (AvgIpc) is 2.84. The molecule has 0 aliphatic heterocycles. The first kappa shape index (κ1) is 14.2. The number of hydrogen-bond acceptors (Lipinski definition) is 4. The summed E-state index contributed by atoms with van der Waals surface area (Å²) in [6.45, 7) is 0. The third-order valence-electron chi connectivity index (χ3n) is 3.22. The fraction of sp³-hybridized carbons (Fsp3) is 0.0667. The minimum Gasteiger partial charge on any atom is -0.319 e. The lowest BCUT2D eigenvalue weighted by molar-refractivity contribution is -0.384. The first-order valence-corrected chi connectivity index (χ1v) is 7.26. The Morgan fingerprint density at radius 2 is 2.00 bits per heavy atom. The summed E-state index contributed by atoms with van der Waals surface area (Å²) in [6.07, 6.45) is 0. The van der Waals surface area contributed by atoms with E-state index in [9.17, 15) is 14.9 Å². The summed E-state index contributed by atoms with van der Waals surface area (Å²) in [5, 5.41) is 10.8. The molecule has 1 heterocycles. The third-order valence-corrected chi connectivity index (χ3v) is 4.33. The summed E-state index contributed by atoms with van der Waals surface area (Å²) in [4.78, 5) is 27.1. The zero-order valence-corrected chi connectivity index (χ0v) is 12.4. The average molecular weight is 313 g/mol. The molecule has 3 rings (SSSR count). The predicted octanol–water partition coefficient (Wildman–Crippen LogP) is 2.89. The van der Waals surface area contributed by atoms with Crippen molar-refractivity contribution in [1.29, 1.82) is 0 Å². The van der Waals surface area contributed by atoms with Gasteiger partial charge in [0.05, 0.1) is 15.1 Å². The molecule has 0 saturated carbocycles. The standard InChI is InChI=1S/C15H11N3O3S/c1-17-12-7-2-3-8-13(12)22-15(17)16-14(19)10-5-4-6-11(9-10)18(20)21/h2-9H,1H3. The van der Waals surface area contributed by atoms with Crippen LogP contribution < -0.4 is 4.80 Å². The van der Waals surface area contributed by atoms with Crippen molar-refractivity contribution >= 4 is 33.1 Å². The number of nitro benzene ring substituents is 1. The Bertz CT molecular complexity index is 956. The normalized spacial score (nSPS) is 11.8. The van der Waals surface area contributed by atoms with Gasteiger partial charge >= 0.3 is 0 Å². The van der Waals surface area contributed by atoms with Crippen LogP contribution in [0.2, 0.25) is 0 Å². The Morgan fingerprint density at radius 1 is 1.23 bits per heavy atom. The number of fused-ring (bicyclic) bond motifs is 1. The Hall–Kier alpha value is -2.80. The van der Waals surface area contributed by atoms with Crippen molar-refractivity contribution < 1.29 is 9.72 Å². The molecule has 0 radical (unpaired) electrons. The van der Waals surface area contributed by atoms with E-state index in [0.29, 0.717) is 4.80 Å². The van der Waals surface area contributed by atoms with Gasteiger partial charge in [-0.3, -0.25) is 14.9 Å². The molecular formula is C15H11N3O3S. The summed E-state index contributed by atoms with van der Waals surface area (Å²) < 4.78 is 2.85. The molecular weight excluding hydrogens is 302 g/mol. The highest BCUT2D eigenvalue weighted by Gasteiger charge is 2.11. The van der Waals surface area contributed by atoms with E-state index in [0.717, 1.165) is 10.2 Å². The van der Waals surface area contributed by atoms with Crippen LogP contribution >= 0.6 is 11.3 Å². The van der Waals surface area contributed by atoms with Gasteiger partial charge in [-0.25, -0.2) is 0 Å². The molecule has 0 fully saturated rings.